The summed E-state index contributed by atoms with van der Waals surface area (Å²) < 4.78 is 6.11. The summed E-state index contributed by atoms with van der Waals surface area (Å²) in [7, 11) is 1.63. The molecular formula is C12H12BrN3O. The van der Waals surface area contributed by atoms with Crippen LogP contribution < -0.4 is 15.8 Å². The highest BCUT2D eigenvalue weighted by molar-refractivity contribution is 9.10. The minimum absolute atomic E-state index is 0.599. The molecule has 0 radical (unpaired) electrons. The number of anilines is 3. The molecule has 0 saturated heterocycles. The summed E-state index contributed by atoms with van der Waals surface area (Å²) in [6.07, 6.45) is 3.29. The summed E-state index contributed by atoms with van der Waals surface area (Å²) in [6.45, 7) is 0. The van der Waals surface area contributed by atoms with Gasteiger partial charge < -0.3 is 15.8 Å². The predicted octanol–water partition coefficient (Wildman–Crippen LogP) is 3.18. The van der Waals surface area contributed by atoms with E-state index in [0.29, 0.717) is 5.69 Å². The summed E-state index contributed by atoms with van der Waals surface area (Å²) in [4.78, 5) is 3.94. The SMILES string of the molecule is COc1ccc(Br)c(Nc2ccncc2N)c1. The molecule has 0 saturated carbocycles. The van der Waals surface area contributed by atoms with E-state index in [1.807, 2.05) is 24.3 Å². The number of methoxy groups -OCH3 is 1. The molecule has 1 aromatic carbocycles. The fourth-order valence-electron chi connectivity index (χ4n) is 1.39. The standard InChI is InChI=1S/C12H12BrN3O/c1-17-8-2-3-9(13)12(6-8)16-11-4-5-15-7-10(11)14/h2-7H,14H2,1H3,(H,15,16). The first kappa shape index (κ1) is 11.7. The first-order chi connectivity index (χ1) is 8.20. The van der Waals surface area contributed by atoms with Crippen molar-refractivity contribution in [2.45, 2.75) is 0 Å². The van der Waals surface area contributed by atoms with Gasteiger partial charge in [-0.25, -0.2) is 0 Å². The second-order valence-corrected chi connectivity index (χ2v) is 4.29. The molecule has 1 aromatic heterocycles. The molecule has 0 fully saturated rings. The first-order valence-corrected chi connectivity index (χ1v) is 5.80. The van der Waals surface area contributed by atoms with Crippen molar-refractivity contribution in [2.75, 3.05) is 18.2 Å². The van der Waals surface area contributed by atoms with Crippen molar-refractivity contribution < 1.29 is 4.74 Å². The number of nitrogens with two attached hydrogens (primary N) is 1. The molecule has 0 bridgehead atoms. The minimum Gasteiger partial charge on any atom is -0.497 e. The largest absolute Gasteiger partial charge is 0.497 e. The van der Waals surface area contributed by atoms with E-state index < -0.39 is 0 Å². The molecule has 1 heterocycles. The van der Waals surface area contributed by atoms with Gasteiger partial charge in [0.1, 0.15) is 5.75 Å². The second kappa shape index (κ2) is 5.05. The lowest BCUT2D eigenvalue weighted by atomic mass is 10.2. The Balaban J connectivity index is 2.32. The maximum Gasteiger partial charge on any atom is 0.121 e. The van der Waals surface area contributed by atoms with E-state index in [9.17, 15) is 0 Å². The van der Waals surface area contributed by atoms with E-state index in [0.717, 1.165) is 21.6 Å². The van der Waals surface area contributed by atoms with E-state index in [1.54, 1.807) is 19.5 Å². The lowest BCUT2D eigenvalue weighted by Crippen LogP contribution is -1.97. The minimum atomic E-state index is 0.599. The van der Waals surface area contributed by atoms with Crippen molar-refractivity contribution in [2.24, 2.45) is 0 Å². The first-order valence-electron chi connectivity index (χ1n) is 5.01. The predicted molar refractivity (Wildman–Crippen MR) is 72.6 cm³/mol. The van der Waals surface area contributed by atoms with Gasteiger partial charge in [0.15, 0.2) is 0 Å². The summed E-state index contributed by atoms with van der Waals surface area (Å²) in [5.74, 6) is 0.781. The van der Waals surface area contributed by atoms with Crippen LogP contribution >= 0.6 is 15.9 Å². The van der Waals surface area contributed by atoms with Crippen LogP contribution in [-0.4, -0.2) is 12.1 Å². The molecule has 2 rings (SSSR count). The zero-order valence-corrected chi connectivity index (χ0v) is 10.9. The third-order valence-corrected chi connectivity index (χ3v) is 2.99. The van der Waals surface area contributed by atoms with Crippen LogP contribution in [0.15, 0.2) is 41.1 Å². The molecule has 0 atom stereocenters. The average Bonchev–Trinajstić information content (AvgIpc) is 2.35. The van der Waals surface area contributed by atoms with Gasteiger partial charge in [0, 0.05) is 16.7 Å². The van der Waals surface area contributed by atoms with Crippen LogP contribution in [0.5, 0.6) is 5.75 Å². The van der Waals surface area contributed by atoms with E-state index in [-0.39, 0.29) is 0 Å². The van der Waals surface area contributed by atoms with Gasteiger partial charge in [0.25, 0.3) is 0 Å². The third-order valence-electron chi connectivity index (χ3n) is 2.29. The Labute approximate surface area is 108 Å². The van der Waals surface area contributed by atoms with Crippen molar-refractivity contribution in [1.82, 2.24) is 4.98 Å². The fourth-order valence-corrected chi connectivity index (χ4v) is 1.74. The summed E-state index contributed by atoms with van der Waals surface area (Å²) in [6, 6.07) is 7.51. The number of nitrogens with one attached hydrogen (secondary N) is 1. The maximum absolute atomic E-state index is 5.82. The van der Waals surface area contributed by atoms with Crippen LogP contribution in [0.3, 0.4) is 0 Å². The highest BCUT2D eigenvalue weighted by Crippen LogP contribution is 2.31. The lowest BCUT2D eigenvalue weighted by Gasteiger charge is -2.11. The molecule has 0 unspecified atom stereocenters. The highest BCUT2D eigenvalue weighted by atomic mass is 79.9. The molecule has 2 aromatic rings. The van der Waals surface area contributed by atoms with Crippen LogP contribution in [0.25, 0.3) is 0 Å². The van der Waals surface area contributed by atoms with Crippen molar-refractivity contribution in [3.8, 4) is 5.75 Å². The quantitative estimate of drug-likeness (QED) is 0.912. The van der Waals surface area contributed by atoms with Gasteiger partial charge in [-0.3, -0.25) is 4.98 Å². The summed E-state index contributed by atoms with van der Waals surface area (Å²) >= 11 is 3.47. The molecule has 4 nitrogen and oxygen atoms in total. The fraction of sp³-hybridized carbons (Fsp3) is 0.0833. The van der Waals surface area contributed by atoms with E-state index in [4.69, 9.17) is 10.5 Å². The Bertz CT molecular complexity index is 531. The molecule has 88 valence electrons. The number of ether oxygens (including phenoxy) is 1. The third kappa shape index (κ3) is 2.68. The Morgan fingerprint density at radius 1 is 1.29 bits per heavy atom. The van der Waals surface area contributed by atoms with Gasteiger partial charge in [-0.05, 0) is 34.1 Å². The number of hydrogen-bond acceptors (Lipinski definition) is 4. The molecule has 17 heavy (non-hydrogen) atoms. The van der Waals surface area contributed by atoms with Crippen molar-refractivity contribution >= 4 is 33.0 Å². The van der Waals surface area contributed by atoms with Crippen LogP contribution in [0, 0.1) is 0 Å². The van der Waals surface area contributed by atoms with Crippen LogP contribution in [-0.2, 0) is 0 Å². The Hall–Kier alpha value is -1.75. The van der Waals surface area contributed by atoms with E-state index in [2.05, 4.69) is 26.2 Å². The van der Waals surface area contributed by atoms with E-state index in [1.165, 1.54) is 0 Å². The van der Waals surface area contributed by atoms with Gasteiger partial charge in [-0.1, -0.05) is 0 Å². The number of pyridine rings is 1. The average molecular weight is 294 g/mol. The monoisotopic (exact) mass is 293 g/mol. The van der Waals surface area contributed by atoms with Crippen LogP contribution in [0.4, 0.5) is 17.1 Å². The normalized spacial score (nSPS) is 10.0. The zero-order chi connectivity index (χ0) is 12.3. The van der Waals surface area contributed by atoms with E-state index >= 15 is 0 Å². The molecule has 5 heteroatoms. The highest BCUT2D eigenvalue weighted by Gasteiger charge is 2.04. The number of rotatable bonds is 3. The Morgan fingerprint density at radius 2 is 2.12 bits per heavy atom. The number of halogens is 1. The maximum atomic E-state index is 5.82. The molecular weight excluding hydrogens is 282 g/mol. The van der Waals surface area contributed by atoms with Gasteiger partial charge in [0.05, 0.1) is 30.4 Å². The van der Waals surface area contributed by atoms with Crippen molar-refractivity contribution in [3.63, 3.8) is 0 Å². The molecule has 0 amide bonds. The molecule has 0 aliphatic rings. The van der Waals surface area contributed by atoms with Crippen molar-refractivity contribution in [3.05, 3.63) is 41.1 Å². The number of benzene rings is 1. The van der Waals surface area contributed by atoms with Crippen LogP contribution in [0.1, 0.15) is 0 Å². The Kier molecular flexibility index (Phi) is 3.49. The smallest absolute Gasteiger partial charge is 0.121 e. The topological polar surface area (TPSA) is 60.2 Å². The number of hydrogen-bond donors (Lipinski definition) is 2. The van der Waals surface area contributed by atoms with Gasteiger partial charge >= 0.3 is 0 Å². The number of nitrogen functional groups attached to an aromatic ring is 1. The lowest BCUT2D eigenvalue weighted by molar-refractivity contribution is 0.415. The van der Waals surface area contributed by atoms with Crippen molar-refractivity contribution in [1.29, 1.82) is 0 Å². The van der Waals surface area contributed by atoms with Gasteiger partial charge in [-0.2, -0.15) is 0 Å². The van der Waals surface area contributed by atoms with Gasteiger partial charge in [-0.15, -0.1) is 0 Å². The molecule has 3 N–H and O–H groups in total. The summed E-state index contributed by atoms with van der Waals surface area (Å²) in [5, 5.41) is 3.22. The second-order valence-electron chi connectivity index (χ2n) is 3.43. The van der Waals surface area contributed by atoms with Crippen LogP contribution in [0.2, 0.25) is 0 Å². The number of nitrogens with zero attached hydrogens (tertiary/aromatic N) is 1. The molecule has 0 aliphatic carbocycles. The Morgan fingerprint density at radius 3 is 2.82 bits per heavy atom. The van der Waals surface area contributed by atoms with Gasteiger partial charge in [0.2, 0.25) is 0 Å². The summed E-state index contributed by atoms with van der Waals surface area (Å²) in [5.41, 5.74) is 8.12. The number of aromatic nitrogens is 1. The molecule has 0 aliphatic heterocycles. The molecule has 0 spiro atoms. The zero-order valence-electron chi connectivity index (χ0n) is 9.27.